The van der Waals surface area contributed by atoms with Crippen LogP contribution in [0, 0.1) is 0 Å². The van der Waals surface area contributed by atoms with E-state index in [2.05, 4.69) is 0 Å². The normalized spacial score (nSPS) is 35.6. The number of ether oxygens (including phenoxy) is 5. The Labute approximate surface area is 98.2 Å². The Morgan fingerprint density at radius 3 is 2.71 bits per heavy atom. The van der Waals surface area contributed by atoms with Crippen molar-refractivity contribution in [3.63, 3.8) is 0 Å². The van der Waals surface area contributed by atoms with E-state index in [1.54, 1.807) is 14.2 Å². The van der Waals surface area contributed by atoms with Crippen molar-refractivity contribution < 1.29 is 23.7 Å². The molecule has 0 N–H and O–H groups in total. The standard InChI is InChI=1S/C12H12O5/c1-13-5-3-6(14-2)8-7(4-5)15-11-9(8)10-12(16-10)17-11/h3-4,9-12H,1-2H3. The third-order valence-electron chi connectivity index (χ3n) is 3.51. The van der Waals surface area contributed by atoms with Crippen LogP contribution in [0.25, 0.3) is 0 Å². The van der Waals surface area contributed by atoms with Gasteiger partial charge in [0, 0.05) is 17.7 Å². The van der Waals surface area contributed by atoms with Crippen LogP contribution in [0.1, 0.15) is 11.5 Å². The van der Waals surface area contributed by atoms with Crippen LogP contribution in [0.3, 0.4) is 0 Å². The first kappa shape index (κ1) is 9.56. The molecule has 2 fully saturated rings. The van der Waals surface area contributed by atoms with Gasteiger partial charge in [0.05, 0.1) is 20.1 Å². The van der Waals surface area contributed by atoms with Crippen LogP contribution in [0.4, 0.5) is 0 Å². The minimum atomic E-state index is -0.241. The molecule has 0 radical (unpaired) electrons. The van der Waals surface area contributed by atoms with Crippen LogP contribution in [0.2, 0.25) is 0 Å². The lowest BCUT2D eigenvalue weighted by Crippen LogP contribution is -2.19. The minimum Gasteiger partial charge on any atom is -0.496 e. The van der Waals surface area contributed by atoms with Gasteiger partial charge in [-0.05, 0) is 0 Å². The summed E-state index contributed by atoms with van der Waals surface area (Å²) in [5.74, 6) is 2.38. The molecule has 3 aliphatic rings. The van der Waals surface area contributed by atoms with E-state index in [0.717, 1.165) is 17.1 Å². The summed E-state index contributed by atoms with van der Waals surface area (Å²) < 4.78 is 27.3. The third-order valence-corrected chi connectivity index (χ3v) is 3.51. The number of benzene rings is 1. The summed E-state index contributed by atoms with van der Waals surface area (Å²) in [6, 6.07) is 3.72. The lowest BCUT2D eigenvalue weighted by molar-refractivity contribution is -0.109. The molecule has 0 aromatic heterocycles. The maximum atomic E-state index is 5.75. The molecular weight excluding hydrogens is 224 g/mol. The number of fused-ring (bicyclic) bond motifs is 5. The smallest absolute Gasteiger partial charge is 0.212 e. The predicted molar refractivity (Wildman–Crippen MR) is 56.4 cm³/mol. The molecule has 90 valence electrons. The van der Waals surface area contributed by atoms with Gasteiger partial charge in [0.2, 0.25) is 6.29 Å². The summed E-state index contributed by atoms with van der Waals surface area (Å²) in [6.07, 6.45) is -0.219. The Morgan fingerprint density at radius 1 is 1.06 bits per heavy atom. The van der Waals surface area contributed by atoms with Gasteiger partial charge in [-0.3, -0.25) is 0 Å². The van der Waals surface area contributed by atoms with Crippen molar-refractivity contribution in [2.75, 3.05) is 14.2 Å². The Morgan fingerprint density at radius 2 is 1.94 bits per heavy atom. The van der Waals surface area contributed by atoms with E-state index in [1.165, 1.54) is 0 Å². The first-order chi connectivity index (χ1) is 8.31. The van der Waals surface area contributed by atoms with Crippen LogP contribution in [0.15, 0.2) is 12.1 Å². The van der Waals surface area contributed by atoms with Gasteiger partial charge in [0.25, 0.3) is 0 Å². The molecule has 0 amide bonds. The second kappa shape index (κ2) is 3.05. The molecule has 5 heteroatoms. The number of hydrogen-bond acceptors (Lipinski definition) is 5. The van der Waals surface area contributed by atoms with Gasteiger partial charge in [-0.25, -0.2) is 0 Å². The molecule has 17 heavy (non-hydrogen) atoms. The van der Waals surface area contributed by atoms with E-state index in [9.17, 15) is 0 Å². The maximum Gasteiger partial charge on any atom is 0.212 e. The summed E-state index contributed by atoms with van der Waals surface area (Å²) in [4.78, 5) is 0. The van der Waals surface area contributed by atoms with Crippen molar-refractivity contribution in [3.8, 4) is 17.2 Å². The highest BCUT2D eigenvalue weighted by molar-refractivity contribution is 5.56. The van der Waals surface area contributed by atoms with Gasteiger partial charge < -0.3 is 23.7 Å². The topological polar surface area (TPSA) is 49.5 Å². The van der Waals surface area contributed by atoms with Gasteiger partial charge in [-0.15, -0.1) is 0 Å². The van der Waals surface area contributed by atoms with Gasteiger partial charge in [0.15, 0.2) is 6.29 Å². The summed E-state index contributed by atoms with van der Waals surface area (Å²) >= 11 is 0. The molecule has 0 bridgehead atoms. The molecule has 0 saturated carbocycles. The molecule has 2 saturated heterocycles. The van der Waals surface area contributed by atoms with Crippen molar-refractivity contribution in [1.82, 2.24) is 0 Å². The van der Waals surface area contributed by atoms with Crippen LogP contribution < -0.4 is 14.2 Å². The highest BCUT2D eigenvalue weighted by atomic mass is 16.8. The quantitative estimate of drug-likeness (QED) is 0.723. The monoisotopic (exact) mass is 236 g/mol. The van der Waals surface area contributed by atoms with Crippen molar-refractivity contribution in [2.24, 2.45) is 0 Å². The molecule has 4 rings (SSSR count). The molecule has 3 aliphatic heterocycles. The van der Waals surface area contributed by atoms with E-state index >= 15 is 0 Å². The number of hydrogen-bond donors (Lipinski definition) is 0. The number of epoxide rings is 1. The number of methoxy groups -OCH3 is 2. The largest absolute Gasteiger partial charge is 0.496 e. The molecule has 1 aromatic rings. The molecule has 5 nitrogen and oxygen atoms in total. The van der Waals surface area contributed by atoms with E-state index in [1.807, 2.05) is 12.1 Å². The van der Waals surface area contributed by atoms with Crippen LogP contribution in [-0.4, -0.2) is 32.9 Å². The lowest BCUT2D eigenvalue weighted by atomic mass is 9.97. The first-order valence-electron chi connectivity index (χ1n) is 5.55. The zero-order valence-electron chi connectivity index (χ0n) is 9.51. The molecule has 1 aromatic carbocycles. The first-order valence-corrected chi connectivity index (χ1v) is 5.55. The van der Waals surface area contributed by atoms with E-state index in [0.29, 0.717) is 5.75 Å². The van der Waals surface area contributed by atoms with Crippen molar-refractivity contribution in [1.29, 1.82) is 0 Å². The highest BCUT2D eigenvalue weighted by Crippen LogP contribution is 2.57. The maximum absolute atomic E-state index is 5.75. The molecule has 4 atom stereocenters. The number of rotatable bonds is 2. The molecule has 3 heterocycles. The predicted octanol–water partition coefficient (Wildman–Crippen LogP) is 1.26. The molecule has 0 spiro atoms. The van der Waals surface area contributed by atoms with Gasteiger partial charge >= 0.3 is 0 Å². The average molecular weight is 236 g/mol. The second-order valence-electron chi connectivity index (χ2n) is 4.36. The van der Waals surface area contributed by atoms with Crippen LogP contribution in [0.5, 0.6) is 17.2 Å². The van der Waals surface area contributed by atoms with Gasteiger partial charge in [-0.1, -0.05) is 0 Å². The summed E-state index contributed by atoms with van der Waals surface area (Å²) in [5.41, 5.74) is 1.03. The van der Waals surface area contributed by atoms with E-state index in [4.69, 9.17) is 23.7 Å². The summed E-state index contributed by atoms with van der Waals surface area (Å²) in [5, 5.41) is 0. The zero-order chi connectivity index (χ0) is 11.6. The highest BCUT2D eigenvalue weighted by Gasteiger charge is 2.63. The zero-order valence-corrected chi connectivity index (χ0v) is 9.51. The average Bonchev–Trinajstić information content (AvgIpc) is 2.86. The van der Waals surface area contributed by atoms with Gasteiger partial charge in [0.1, 0.15) is 23.4 Å². The fourth-order valence-corrected chi connectivity index (χ4v) is 2.66. The van der Waals surface area contributed by atoms with E-state index in [-0.39, 0.29) is 24.6 Å². The SMILES string of the molecule is COc1cc(OC)c2c(c1)OC1OC3OC3C21. The molecular formula is C12H12O5. The van der Waals surface area contributed by atoms with Crippen LogP contribution in [-0.2, 0) is 9.47 Å². The third kappa shape index (κ3) is 1.15. The Kier molecular flexibility index (Phi) is 1.72. The fraction of sp³-hybridized carbons (Fsp3) is 0.500. The van der Waals surface area contributed by atoms with Crippen LogP contribution >= 0.6 is 0 Å². The lowest BCUT2D eigenvalue weighted by Gasteiger charge is -2.11. The Balaban J connectivity index is 1.84. The summed E-state index contributed by atoms with van der Waals surface area (Å²) in [7, 11) is 3.26. The minimum absolute atomic E-state index is 0.0926. The Bertz CT molecular complexity index is 486. The van der Waals surface area contributed by atoms with E-state index < -0.39 is 0 Å². The fourth-order valence-electron chi connectivity index (χ4n) is 2.66. The summed E-state index contributed by atoms with van der Waals surface area (Å²) in [6.45, 7) is 0. The molecule has 4 unspecified atom stereocenters. The van der Waals surface area contributed by atoms with Crippen molar-refractivity contribution in [3.05, 3.63) is 17.7 Å². The van der Waals surface area contributed by atoms with Crippen molar-refractivity contribution >= 4 is 0 Å². The van der Waals surface area contributed by atoms with Gasteiger partial charge in [-0.2, -0.15) is 0 Å². The second-order valence-corrected chi connectivity index (χ2v) is 4.36. The molecule has 0 aliphatic carbocycles. The van der Waals surface area contributed by atoms with Crippen molar-refractivity contribution in [2.45, 2.75) is 24.6 Å². The Hall–Kier alpha value is -1.46.